The fourth-order valence-corrected chi connectivity index (χ4v) is 7.91. The van der Waals surface area contributed by atoms with Crippen LogP contribution in [-0.4, -0.2) is 31.6 Å². The molecule has 8 rings (SSSR count). The monoisotopic (exact) mass is 682 g/mol. The SMILES string of the molecule is O=C(Cn1nc(C(F)F)c2c1C(F)(F)[C@@H]1CC[C@H]21)NC(Cc1cc(F)cc(F)c1)c1ccc2sc(-c3ccc4c(c3)C(=O)NC4)nc2n1. The third-order valence-electron chi connectivity index (χ3n) is 9.31. The lowest BCUT2D eigenvalue weighted by Crippen LogP contribution is -2.36. The first-order valence-corrected chi connectivity index (χ1v) is 16.0. The van der Waals surface area contributed by atoms with Gasteiger partial charge in [0, 0.05) is 35.2 Å². The van der Waals surface area contributed by atoms with E-state index >= 15 is 8.78 Å². The summed E-state index contributed by atoms with van der Waals surface area (Å²) in [4.78, 5) is 34.9. The molecule has 0 saturated heterocycles. The molecular weight excluding hydrogens is 658 g/mol. The van der Waals surface area contributed by atoms with Gasteiger partial charge in [0.2, 0.25) is 5.91 Å². The number of nitrogens with zero attached hydrogens (tertiary/aromatic N) is 4. The number of carbonyl (C=O) groups excluding carboxylic acids is 2. The summed E-state index contributed by atoms with van der Waals surface area (Å²) in [6.07, 6.45) is -2.72. The van der Waals surface area contributed by atoms with Crippen molar-refractivity contribution >= 4 is 33.5 Å². The predicted molar refractivity (Wildman–Crippen MR) is 162 cm³/mol. The number of nitrogens with one attached hydrogen (secondary N) is 2. The van der Waals surface area contributed by atoms with E-state index in [9.17, 15) is 27.2 Å². The van der Waals surface area contributed by atoms with E-state index in [0.29, 0.717) is 50.2 Å². The Kier molecular flexibility index (Phi) is 7.09. The van der Waals surface area contributed by atoms with Crippen molar-refractivity contribution in [2.24, 2.45) is 5.92 Å². The van der Waals surface area contributed by atoms with Crippen LogP contribution in [-0.2, 0) is 30.2 Å². The van der Waals surface area contributed by atoms with Crippen LogP contribution in [0, 0.1) is 17.6 Å². The quantitative estimate of drug-likeness (QED) is 0.177. The largest absolute Gasteiger partial charge is 0.348 e. The van der Waals surface area contributed by atoms with E-state index in [1.54, 1.807) is 18.2 Å². The molecule has 3 aromatic heterocycles. The van der Waals surface area contributed by atoms with Gasteiger partial charge in [-0.2, -0.15) is 13.9 Å². The van der Waals surface area contributed by atoms with Gasteiger partial charge in [-0.1, -0.05) is 12.1 Å². The highest BCUT2D eigenvalue weighted by Gasteiger charge is 2.62. The Bertz CT molecular complexity index is 2130. The Morgan fingerprint density at radius 1 is 1.06 bits per heavy atom. The molecular formula is C33H24F6N6O2S. The number of hydrogen-bond donors (Lipinski definition) is 2. The summed E-state index contributed by atoms with van der Waals surface area (Å²) < 4.78 is 88.0. The lowest BCUT2D eigenvalue weighted by Gasteiger charge is -2.34. The number of aromatic nitrogens is 4. The first-order valence-electron chi connectivity index (χ1n) is 15.2. The zero-order valence-corrected chi connectivity index (χ0v) is 25.6. The Balaban J connectivity index is 1.12. The van der Waals surface area contributed by atoms with Crippen LogP contribution < -0.4 is 10.6 Å². The fraction of sp³-hybridized carbons (Fsp3) is 0.303. The molecule has 0 spiro atoms. The molecule has 48 heavy (non-hydrogen) atoms. The number of hydrogen-bond acceptors (Lipinski definition) is 6. The zero-order valence-electron chi connectivity index (χ0n) is 24.7. The van der Waals surface area contributed by atoms with Gasteiger partial charge in [-0.15, -0.1) is 11.3 Å². The number of halogens is 6. The van der Waals surface area contributed by atoms with Crippen LogP contribution in [0.15, 0.2) is 48.5 Å². The number of alkyl halides is 4. The minimum Gasteiger partial charge on any atom is -0.348 e. The van der Waals surface area contributed by atoms with Gasteiger partial charge in [-0.3, -0.25) is 14.3 Å². The smallest absolute Gasteiger partial charge is 0.293 e. The Morgan fingerprint density at radius 2 is 1.85 bits per heavy atom. The van der Waals surface area contributed by atoms with Crippen molar-refractivity contribution in [1.29, 1.82) is 0 Å². The van der Waals surface area contributed by atoms with Gasteiger partial charge in [0.05, 0.1) is 16.4 Å². The number of fused-ring (bicyclic) bond motifs is 5. The molecule has 246 valence electrons. The Hall–Kier alpha value is -4.79. The molecule has 0 radical (unpaired) electrons. The van der Waals surface area contributed by atoms with E-state index in [1.807, 2.05) is 12.1 Å². The number of carbonyl (C=O) groups is 2. The highest BCUT2D eigenvalue weighted by molar-refractivity contribution is 7.21. The van der Waals surface area contributed by atoms with Gasteiger partial charge < -0.3 is 10.6 Å². The highest BCUT2D eigenvalue weighted by Crippen LogP contribution is 2.63. The van der Waals surface area contributed by atoms with Crippen molar-refractivity contribution in [2.45, 2.75) is 56.7 Å². The van der Waals surface area contributed by atoms with Gasteiger partial charge in [0.1, 0.15) is 34.6 Å². The summed E-state index contributed by atoms with van der Waals surface area (Å²) in [6.45, 7) is -0.339. The molecule has 2 N–H and O–H groups in total. The van der Waals surface area contributed by atoms with E-state index in [1.165, 1.54) is 11.3 Å². The van der Waals surface area contributed by atoms with Crippen LogP contribution >= 0.6 is 11.3 Å². The third-order valence-corrected chi connectivity index (χ3v) is 10.4. The molecule has 2 aliphatic carbocycles. The topological polar surface area (TPSA) is 102 Å². The lowest BCUT2D eigenvalue weighted by atomic mass is 9.73. The normalized spacial score (nSPS) is 19.5. The maximum atomic E-state index is 15.3. The maximum Gasteiger partial charge on any atom is 0.293 e. The minimum absolute atomic E-state index is 0.143. The second-order valence-electron chi connectivity index (χ2n) is 12.3. The first kappa shape index (κ1) is 30.5. The average Bonchev–Trinajstić information content (AvgIpc) is 3.73. The van der Waals surface area contributed by atoms with Gasteiger partial charge in [-0.25, -0.2) is 27.5 Å². The number of benzene rings is 2. The van der Waals surface area contributed by atoms with E-state index < -0.39 is 65.7 Å². The van der Waals surface area contributed by atoms with Gasteiger partial charge in [-0.05, 0) is 66.6 Å². The zero-order chi connectivity index (χ0) is 33.5. The molecule has 2 amide bonds. The highest BCUT2D eigenvalue weighted by atomic mass is 32.1. The maximum absolute atomic E-state index is 15.3. The van der Waals surface area contributed by atoms with Crippen LogP contribution in [0.2, 0.25) is 0 Å². The van der Waals surface area contributed by atoms with Crippen LogP contribution in [0.5, 0.6) is 0 Å². The van der Waals surface area contributed by atoms with Gasteiger partial charge in [0.15, 0.2) is 5.65 Å². The summed E-state index contributed by atoms with van der Waals surface area (Å²) in [5.41, 5.74) is 1.29. The van der Waals surface area contributed by atoms with E-state index in [2.05, 4.69) is 25.7 Å². The summed E-state index contributed by atoms with van der Waals surface area (Å²) in [7, 11) is 0. The van der Waals surface area contributed by atoms with Crippen LogP contribution in [0.4, 0.5) is 26.3 Å². The summed E-state index contributed by atoms with van der Waals surface area (Å²) in [5, 5.41) is 9.80. The lowest BCUT2D eigenvalue weighted by molar-refractivity contribution is -0.123. The van der Waals surface area contributed by atoms with E-state index in [4.69, 9.17) is 0 Å². The number of thiazole rings is 1. The van der Waals surface area contributed by atoms with Crippen molar-refractivity contribution in [1.82, 2.24) is 30.4 Å². The van der Waals surface area contributed by atoms with Crippen molar-refractivity contribution in [3.8, 4) is 10.6 Å². The van der Waals surface area contributed by atoms with Gasteiger partial charge >= 0.3 is 0 Å². The number of pyridine rings is 1. The molecule has 1 aliphatic heterocycles. The molecule has 1 unspecified atom stereocenters. The van der Waals surface area contributed by atoms with Crippen LogP contribution in [0.3, 0.4) is 0 Å². The van der Waals surface area contributed by atoms with Gasteiger partial charge in [0.25, 0.3) is 18.3 Å². The second-order valence-corrected chi connectivity index (χ2v) is 13.3. The molecule has 3 aliphatic rings. The van der Waals surface area contributed by atoms with Crippen LogP contribution in [0.25, 0.3) is 20.9 Å². The standard InChI is InChI=1S/C33H24F6N6O2S/c34-17-7-14(8-18(35)11-17)9-23(41-25(46)13-45-28-26(27(44-45)29(36)37)19-3-4-21(19)33(28,38)39)22-5-6-24-30(42-22)43-32(48-24)15-1-2-16-12-40-31(47)20(16)10-15/h1-2,5-8,10-11,19,21,23,29H,3-4,9,12-13H2,(H,40,47)(H,41,46)/t19-,21+,23?/m0/s1. The summed E-state index contributed by atoms with van der Waals surface area (Å²) in [6, 6.07) is 10.6. The molecule has 3 atom stereocenters. The minimum atomic E-state index is -3.42. The average molecular weight is 683 g/mol. The van der Waals surface area contributed by atoms with Crippen molar-refractivity contribution < 1.29 is 35.9 Å². The molecule has 2 aromatic carbocycles. The number of amides is 2. The molecule has 1 saturated carbocycles. The number of rotatable bonds is 8. The molecule has 15 heteroatoms. The summed E-state index contributed by atoms with van der Waals surface area (Å²) >= 11 is 1.33. The van der Waals surface area contributed by atoms with Crippen molar-refractivity contribution in [3.63, 3.8) is 0 Å². The second kappa shape index (κ2) is 11.1. The van der Waals surface area contributed by atoms with E-state index in [0.717, 1.165) is 17.7 Å². The van der Waals surface area contributed by atoms with Crippen molar-refractivity contribution in [3.05, 3.63) is 99.5 Å². The summed E-state index contributed by atoms with van der Waals surface area (Å²) in [5.74, 6) is -7.96. The third kappa shape index (κ3) is 5.02. The molecule has 1 fully saturated rings. The Labute approximate surface area is 272 Å². The molecule has 0 bridgehead atoms. The Morgan fingerprint density at radius 3 is 2.58 bits per heavy atom. The first-order chi connectivity index (χ1) is 23.0. The van der Waals surface area contributed by atoms with Crippen molar-refractivity contribution in [2.75, 3.05) is 0 Å². The van der Waals surface area contributed by atoms with E-state index in [-0.39, 0.29) is 35.6 Å². The molecule has 5 aromatic rings. The molecule has 4 heterocycles. The fourth-order valence-electron chi connectivity index (χ4n) is 7.01. The predicted octanol–water partition coefficient (Wildman–Crippen LogP) is 6.71. The van der Waals surface area contributed by atoms with Crippen LogP contribution in [0.1, 0.15) is 75.4 Å². The molecule has 8 nitrogen and oxygen atoms in total.